The number of nitrogen functional groups attached to an aromatic ring is 1. The molecule has 1 aliphatic carbocycles. The van der Waals surface area contributed by atoms with Gasteiger partial charge in [0.1, 0.15) is 5.82 Å². The van der Waals surface area contributed by atoms with Crippen LogP contribution in [0.1, 0.15) is 30.5 Å². The highest BCUT2D eigenvalue weighted by Crippen LogP contribution is 2.23. The van der Waals surface area contributed by atoms with Gasteiger partial charge in [-0.15, -0.1) is 0 Å². The largest absolute Gasteiger partial charge is 0.399 e. The van der Waals surface area contributed by atoms with Crippen LogP contribution in [-0.2, 0) is 13.0 Å². The molecule has 0 saturated carbocycles. The van der Waals surface area contributed by atoms with Gasteiger partial charge in [0.2, 0.25) is 0 Å². The Balaban J connectivity index is 1.54. The number of rotatable bonds is 3. The van der Waals surface area contributed by atoms with Crippen LogP contribution >= 0.6 is 0 Å². The highest BCUT2D eigenvalue weighted by molar-refractivity contribution is 5.58. The maximum absolute atomic E-state index is 12.6. The Morgan fingerprint density at radius 2 is 2.08 bits per heavy atom. The molecule has 1 aliphatic heterocycles. The van der Waals surface area contributed by atoms with Gasteiger partial charge >= 0.3 is 0 Å². The second-order valence-electron chi connectivity index (χ2n) is 7.10. The number of anilines is 1. The minimum absolute atomic E-state index is 0.00920. The number of H-pyrrole nitrogens is 1. The van der Waals surface area contributed by atoms with Crippen molar-refractivity contribution in [1.82, 2.24) is 14.9 Å². The molecule has 0 spiro atoms. The van der Waals surface area contributed by atoms with Crippen LogP contribution in [0, 0.1) is 5.92 Å². The second-order valence-corrected chi connectivity index (χ2v) is 7.10. The minimum atomic E-state index is -0.00920. The van der Waals surface area contributed by atoms with Crippen LogP contribution in [0.4, 0.5) is 5.69 Å². The lowest BCUT2D eigenvalue weighted by Gasteiger charge is -2.31. The molecule has 0 radical (unpaired) electrons. The summed E-state index contributed by atoms with van der Waals surface area (Å²) in [6, 6.07) is 7.45. The maximum atomic E-state index is 12.6. The fraction of sp³-hybridized carbons (Fsp3) is 0.400. The average molecular weight is 336 g/mol. The van der Waals surface area contributed by atoms with E-state index in [2.05, 4.69) is 22.0 Å². The second kappa shape index (κ2) is 6.84. The summed E-state index contributed by atoms with van der Waals surface area (Å²) in [6.45, 7) is 2.76. The van der Waals surface area contributed by atoms with E-state index >= 15 is 0 Å². The third-order valence-electron chi connectivity index (χ3n) is 5.23. The van der Waals surface area contributed by atoms with E-state index in [-0.39, 0.29) is 5.56 Å². The lowest BCUT2D eigenvalue weighted by molar-refractivity contribution is 0.204. The Kier molecular flexibility index (Phi) is 4.40. The van der Waals surface area contributed by atoms with Gasteiger partial charge in [-0.1, -0.05) is 12.2 Å². The molecule has 25 heavy (non-hydrogen) atoms. The molecule has 3 N–H and O–H groups in total. The zero-order valence-electron chi connectivity index (χ0n) is 14.4. The van der Waals surface area contributed by atoms with Gasteiger partial charge < -0.3 is 10.7 Å². The van der Waals surface area contributed by atoms with E-state index in [4.69, 9.17) is 10.7 Å². The number of allylic oxidation sites excluding steroid dienone is 2. The van der Waals surface area contributed by atoms with E-state index < -0.39 is 0 Å². The van der Waals surface area contributed by atoms with Crippen LogP contribution in [0.5, 0.6) is 0 Å². The molecule has 2 heterocycles. The SMILES string of the molecule is Nc1ccc(-c2nc3c(c(=O)[nH]2)CN(CC2CC=CCC2)CC3)cc1. The van der Waals surface area contributed by atoms with E-state index in [0.717, 1.165) is 42.8 Å². The lowest BCUT2D eigenvalue weighted by atomic mass is 9.93. The minimum Gasteiger partial charge on any atom is -0.399 e. The number of nitrogens with zero attached hydrogens (tertiary/aromatic N) is 2. The first-order valence-electron chi connectivity index (χ1n) is 9.04. The number of fused-ring (bicyclic) bond motifs is 1. The van der Waals surface area contributed by atoms with E-state index in [9.17, 15) is 4.79 Å². The van der Waals surface area contributed by atoms with Crippen molar-refractivity contribution < 1.29 is 0 Å². The lowest BCUT2D eigenvalue weighted by Crippen LogP contribution is -2.38. The van der Waals surface area contributed by atoms with Crippen molar-refractivity contribution in [2.75, 3.05) is 18.8 Å². The number of nitrogens with two attached hydrogens (primary N) is 1. The van der Waals surface area contributed by atoms with E-state index in [1.165, 1.54) is 12.8 Å². The third kappa shape index (κ3) is 3.51. The van der Waals surface area contributed by atoms with Crippen molar-refractivity contribution in [2.24, 2.45) is 5.92 Å². The molecule has 5 heteroatoms. The monoisotopic (exact) mass is 336 g/mol. The summed E-state index contributed by atoms with van der Waals surface area (Å²) in [6.07, 6.45) is 9.00. The Bertz CT molecular complexity index is 838. The van der Waals surface area contributed by atoms with Crippen molar-refractivity contribution in [3.63, 3.8) is 0 Å². The van der Waals surface area contributed by atoms with Gasteiger partial charge in [-0.2, -0.15) is 0 Å². The number of benzene rings is 1. The number of hydrogen-bond acceptors (Lipinski definition) is 4. The van der Waals surface area contributed by atoms with Crippen LogP contribution in [0.3, 0.4) is 0 Å². The van der Waals surface area contributed by atoms with Crippen LogP contribution in [0.25, 0.3) is 11.4 Å². The highest BCUT2D eigenvalue weighted by atomic mass is 16.1. The molecule has 4 rings (SSSR count). The molecule has 2 aliphatic rings. The zero-order valence-corrected chi connectivity index (χ0v) is 14.4. The van der Waals surface area contributed by atoms with Crippen molar-refractivity contribution in [3.8, 4) is 11.4 Å². The first kappa shape index (κ1) is 16.1. The van der Waals surface area contributed by atoms with Gasteiger partial charge in [0, 0.05) is 37.3 Å². The summed E-state index contributed by atoms with van der Waals surface area (Å²) in [4.78, 5) is 22.7. The molecule has 130 valence electrons. The summed E-state index contributed by atoms with van der Waals surface area (Å²) in [5.74, 6) is 1.35. The van der Waals surface area contributed by atoms with Crippen LogP contribution in [0.2, 0.25) is 0 Å². The number of aromatic nitrogens is 2. The third-order valence-corrected chi connectivity index (χ3v) is 5.23. The predicted molar refractivity (Wildman–Crippen MR) is 100 cm³/mol. The quantitative estimate of drug-likeness (QED) is 0.667. The van der Waals surface area contributed by atoms with E-state index in [1.54, 1.807) is 0 Å². The highest BCUT2D eigenvalue weighted by Gasteiger charge is 2.23. The standard InChI is InChI=1S/C20H24N4O/c21-16-8-6-15(7-9-16)19-22-18-10-11-24(13-17(18)20(25)23-19)12-14-4-2-1-3-5-14/h1-2,6-9,14H,3-5,10-13,21H2,(H,22,23,25). The van der Waals surface area contributed by atoms with Crippen molar-refractivity contribution in [2.45, 2.75) is 32.2 Å². The summed E-state index contributed by atoms with van der Waals surface area (Å²) >= 11 is 0. The van der Waals surface area contributed by atoms with Gasteiger partial charge in [0.15, 0.2) is 0 Å². The fourth-order valence-electron chi connectivity index (χ4n) is 3.80. The molecule has 1 aromatic heterocycles. The fourth-order valence-corrected chi connectivity index (χ4v) is 3.80. The average Bonchev–Trinajstić information content (AvgIpc) is 2.63. The molecule has 0 bridgehead atoms. The molecule has 0 fully saturated rings. The van der Waals surface area contributed by atoms with E-state index in [0.29, 0.717) is 24.0 Å². The first-order valence-corrected chi connectivity index (χ1v) is 9.04. The molecular weight excluding hydrogens is 312 g/mol. The summed E-state index contributed by atoms with van der Waals surface area (Å²) in [5, 5.41) is 0. The summed E-state index contributed by atoms with van der Waals surface area (Å²) < 4.78 is 0. The molecular formula is C20H24N4O. The Morgan fingerprint density at radius 3 is 2.84 bits per heavy atom. The topological polar surface area (TPSA) is 75.0 Å². The van der Waals surface area contributed by atoms with E-state index in [1.807, 2.05) is 24.3 Å². The smallest absolute Gasteiger partial charge is 0.255 e. The van der Waals surface area contributed by atoms with Gasteiger partial charge in [-0.05, 0) is 49.4 Å². The first-order chi connectivity index (χ1) is 12.2. The summed E-state index contributed by atoms with van der Waals surface area (Å²) in [5.41, 5.74) is 9.10. The van der Waals surface area contributed by atoms with Crippen LogP contribution < -0.4 is 11.3 Å². The normalized spacial score (nSPS) is 20.4. The Hall–Kier alpha value is -2.40. The number of nitrogens with one attached hydrogen (secondary N) is 1. The van der Waals surface area contributed by atoms with Crippen molar-refractivity contribution in [3.05, 3.63) is 58.0 Å². The van der Waals surface area contributed by atoms with Crippen molar-refractivity contribution >= 4 is 5.69 Å². The zero-order chi connectivity index (χ0) is 17.2. The van der Waals surface area contributed by atoms with Crippen molar-refractivity contribution in [1.29, 1.82) is 0 Å². The Labute approximate surface area is 147 Å². The molecule has 1 atom stereocenters. The number of hydrogen-bond donors (Lipinski definition) is 2. The molecule has 5 nitrogen and oxygen atoms in total. The molecule has 1 aromatic carbocycles. The molecule has 2 aromatic rings. The van der Waals surface area contributed by atoms with Crippen LogP contribution in [0.15, 0.2) is 41.2 Å². The maximum Gasteiger partial charge on any atom is 0.255 e. The van der Waals surface area contributed by atoms with Gasteiger partial charge in [0.05, 0.1) is 11.3 Å². The summed E-state index contributed by atoms with van der Waals surface area (Å²) in [7, 11) is 0. The van der Waals surface area contributed by atoms with Gasteiger partial charge in [-0.3, -0.25) is 9.69 Å². The van der Waals surface area contributed by atoms with Gasteiger partial charge in [-0.25, -0.2) is 4.98 Å². The Morgan fingerprint density at radius 1 is 1.24 bits per heavy atom. The van der Waals surface area contributed by atoms with Gasteiger partial charge in [0.25, 0.3) is 5.56 Å². The van der Waals surface area contributed by atoms with Crippen LogP contribution in [-0.4, -0.2) is 28.0 Å². The molecule has 0 saturated heterocycles. The number of aromatic amines is 1. The molecule has 1 unspecified atom stereocenters. The predicted octanol–water partition coefficient (Wildman–Crippen LogP) is 2.73. The molecule has 0 amide bonds.